The summed E-state index contributed by atoms with van der Waals surface area (Å²) in [6.07, 6.45) is 3.10. The van der Waals surface area contributed by atoms with Crippen molar-refractivity contribution in [2.24, 2.45) is 0 Å². The highest BCUT2D eigenvalue weighted by atomic mass is 19.1. The second-order valence-electron chi connectivity index (χ2n) is 9.26. The van der Waals surface area contributed by atoms with Crippen LogP contribution in [0.25, 0.3) is 0 Å². The molecule has 3 nitrogen and oxygen atoms in total. The van der Waals surface area contributed by atoms with Gasteiger partial charge in [0.2, 0.25) is 0 Å². The summed E-state index contributed by atoms with van der Waals surface area (Å²) in [4.78, 5) is 2.47. The topological polar surface area (TPSA) is 17.4 Å². The van der Waals surface area contributed by atoms with Crippen molar-refractivity contribution in [1.82, 2.24) is 9.47 Å². The molecule has 0 saturated heterocycles. The van der Waals surface area contributed by atoms with E-state index in [-0.39, 0.29) is 11.2 Å². The first kappa shape index (κ1) is 23.2. The molecule has 1 aromatic heterocycles. The SMILES string of the molecule is COCCCN(Cc1ccc(C(C)(C)C)cc1)Cc1cccn1Cc1ccc(F)cc1. The lowest BCUT2D eigenvalue weighted by molar-refractivity contribution is 0.165. The third-order valence-corrected chi connectivity index (χ3v) is 5.62. The molecule has 4 heteroatoms. The summed E-state index contributed by atoms with van der Waals surface area (Å²) in [5.74, 6) is -0.196. The van der Waals surface area contributed by atoms with Gasteiger partial charge in [-0.1, -0.05) is 57.2 Å². The lowest BCUT2D eigenvalue weighted by atomic mass is 9.87. The summed E-state index contributed by atoms with van der Waals surface area (Å²) in [6, 6.07) is 20.0. The van der Waals surface area contributed by atoms with E-state index >= 15 is 0 Å². The summed E-state index contributed by atoms with van der Waals surface area (Å²) in [6.45, 7) is 11.0. The van der Waals surface area contributed by atoms with Crippen LogP contribution in [0.2, 0.25) is 0 Å². The third kappa shape index (κ3) is 7.05. The van der Waals surface area contributed by atoms with Crippen LogP contribution >= 0.6 is 0 Å². The van der Waals surface area contributed by atoms with Crippen LogP contribution < -0.4 is 0 Å². The fraction of sp³-hybridized carbons (Fsp3) is 0.407. The van der Waals surface area contributed by atoms with Gasteiger partial charge in [0, 0.05) is 51.8 Å². The fourth-order valence-corrected chi connectivity index (χ4v) is 3.78. The molecule has 1 heterocycles. The van der Waals surface area contributed by atoms with Crippen LogP contribution in [0, 0.1) is 5.82 Å². The van der Waals surface area contributed by atoms with Crippen LogP contribution in [0.1, 0.15) is 49.6 Å². The standard InChI is InChI=1S/C27H35FN2O/c1-27(2,3)24-12-8-22(9-13-24)19-29(16-6-18-31-4)21-26-7-5-17-30(26)20-23-10-14-25(28)15-11-23/h5,7-15,17H,6,16,18-21H2,1-4H3. The number of hydrogen-bond donors (Lipinski definition) is 0. The normalized spacial score (nSPS) is 11.9. The Balaban J connectivity index is 1.71. The van der Waals surface area contributed by atoms with Crippen molar-refractivity contribution in [3.05, 3.63) is 95.1 Å². The van der Waals surface area contributed by atoms with Crippen LogP contribution in [0.15, 0.2) is 66.9 Å². The van der Waals surface area contributed by atoms with Gasteiger partial charge in [0.1, 0.15) is 5.82 Å². The van der Waals surface area contributed by atoms with Crippen LogP contribution in [0.4, 0.5) is 4.39 Å². The molecular formula is C27H35FN2O. The molecule has 0 amide bonds. The van der Waals surface area contributed by atoms with Gasteiger partial charge in [-0.3, -0.25) is 4.90 Å². The number of nitrogens with zero attached hydrogens (tertiary/aromatic N) is 2. The Hall–Kier alpha value is -2.43. The Morgan fingerprint density at radius 3 is 2.23 bits per heavy atom. The zero-order chi connectivity index (χ0) is 22.3. The molecule has 0 aliphatic heterocycles. The number of benzene rings is 2. The largest absolute Gasteiger partial charge is 0.385 e. The lowest BCUT2D eigenvalue weighted by Crippen LogP contribution is -2.26. The Kier molecular flexibility index (Phi) is 8.05. The van der Waals surface area contributed by atoms with Crippen molar-refractivity contribution < 1.29 is 9.13 Å². The molecule has 0 radical (unpaired) electrons. The molecule has 0 unspecified atom stereocenters. The molecule has 2 aromatic carbocycles. The average molecular weight is 423 g/mol. The summed E-state index contributed by atoms with van der Waals surface area (Å²) >= 11 is 0. The molecule has 166 valence electrons. The minimum absolute atomic E-state index is 0.165. The predicted octanol–water partition coefficient (Wildman–Crippen LogP) is 6.01. The highest BCUT2D eigenvalue weighted by Gasteiger charge is 2.14. The number of hydrogen-bond acceptors (Lipinski definition) is 2. The second-order valence-corrected chi connectivity index (χ2v) is 9.26. The van der Waals surface area contributed by atoms with Crippen molar-refractivity contribution >= 4 is 0 Å². The summed E-state index contributed by atoms with van der Waals surface area (Å²) in [5, 5.41) is 0. The third-order valence-electron chi connectivity index (χ3n) is 5.62. The van der Waals surface area contributed by atoms with Crippen molar-refractivity contribution in [3.8, 4) is 0 Å². The van der Waals surface area contributed by atoms with Crippen molar-refractivity contribution in [3.63, 3.8) is 0 Å². The molecule has 3 rings (SSSR count). The molecule has 0 atom stereocenters. The van der Waals surface area contributed by atoms with E-state index < -0.39 is 0 Å². The summed E-state index contributed by atoms with van der Waals surface area (Å²) in [7, 11) is 1.75. The second kappa shape index (κ2) is 10.7. The van der Waals surface area contributed by atoms with Gasteiger partial charge in [0.05, 0.1) is 0 Å². The van der Waals surface area contributed by atoms with Crippen LogP contribution in [-0.4, -0.2) is 29.7 Å². The number of methoxy groups -OCH3 is 1. The zero-order valence-corrected chi connectivity index (χ0v) is 19.3. The molecule has 0 N–H and O–H groups in total. The van der Waals surface area contributed by atoms with Gasteiger partial charge in [-0.05, 0) is 52.8 Å². The minimum Gasteiger partial charge on any atom is -0.385 e. The van der Waals surface area contributed by atoms with Crippen LogP contribution in [0.5, 0.6) is 0 Å². The van der Waals surface area contributed by atoms with E-state index in [1.54, 1.807) is 7.11 Å². The van der Waals surface area contributed by atoms with E-state index in [1.165, 1.54) is 29.0 Å². The van der Waals surface area contributed by atoms with Gasteiger partial charge in [0.25, 0.3) is 0 Å². The van der Waals surface area contributed by atoms with Gasteiger partial charge in [-0.2, -0.15) is 0 Å². The molecule has 0 bridgehead atoms. The quantitative estimate of drug-likeness (QED) is 0.372. The molecule has 31 heavy (non-hydrogen) atoms. The predicted molar refractivity (Wildman–Crippen MR) is 126 cm³/mol. The Morgan fingerprint density at radius 2 is 1.58 bits per heavy atom. The molecule has 0 fully saturated rings. The molecule has 0 saturated carbocycles. The monoisotopic (exact) mass is 422 g/mol. The maximum absolute atomic E-state index is 13.2. The first-order chi connectivity index (χ1) is 14.8. The van der Waals surface area contributed by atoms with E-state index in [2.05, 4.69) is 72.8 Å². The molecule has 0 aliphatic rings. The highest BCUT2D eigenvalue weighted by molar-refractivity contribution is 5.27. The fourth-order valence-electron chi connectivity index (χ4n) is 3.78. The van der Waals surface area contributed by atoms with E-state index in [4.69, 9.17) is 4.74 Å². The Morgan fingerprint density at radius 1 is 0.903 bits per heavy atom. The first-order valence-corrected chi connectivity index (χ1v) is 11.0. The average Bonchev–Trinajstić information content (AvgIpc) is 3.16. The van der Waals surface area contributed by atoms with E-state index in [0.29, 0.717) is 0 Å². The minimum atomic E-state index is -0.196. The van der Waals surface area contributed by atoms with Gasteiger partial charge in [-0.25, -0.2) is 4.39 Å². The van der Waals surface area contributed by atoms with Gasteiger partial charge in [0.15, 0.2) is 0 Å². The van der Waals surface area contributed by atoms with E-state index in [0.717, 1.165) is 44.8 Å². The number of halogens is 1. The summed E-state index contributed by atoms with van der Waals surface area (Å²) < 4.78 is 20.8. The highest BCUT2D eigenvalue weighted by Crippen LogP contribution is 2.23. The van der Waals surface area contributed by atoms with E-state index in [1.807, 2.05) is 12.1 Å². The van der Waals surface area contributed by atoms with Crippen molar-refractivity contribution in [2.45, 2.75) is 52.2 Å². The molecule has 3 aromatic rings. The molecule has 0 aliphatic carbocycles. The number of aromatic nitrogens is 1. The molecular weight excluding hydrogens is 387 g/mol. The van der Waals surface area contributed by atoms with Crippen LogP contribution in [-0.2, 0) is 29.8 Å². The number of ether oxygens (including phenoxy) is 1. The zero-order valence-electron chi connectivity index (χ0n) is 19.3. The maximum atomic E-state index is 13.2. The smallest absolute Gasteiger partial charge is 0.123 e. The van der Waals surface area contributed by atoms with Crippen molar-refractivity contribution in [1.29, 1.82) is 0 Å². The maximum Gasteiger partial charge on any atom is 0.123 e. The summed E-state index contributed by atoms with van der Waals surface area (Å²) in [5.41, 5.74) is 5.20. The number of rotatable bonds is 10. The van der Waals surface area contributed by atoms with Gasteiger partial charge in [-0.15, -0.1) is 0 Å². The lowest BCUT2D eigenvalue weighted by Gasteiger charge is -2.24. The van der Waals surface area contributed by atoms with Gasteiger partial charge < -0.3 is 9.30 Å². The van der Waals surface area contributed by atoms with Crippen LogP contribution in [0.3, 0.4) is 0 Å². The molecule has 0 spiro atoms. The van der Waals surface area contributed by atoms with Gasteiger partial charge >= 0.3 is 0 Å². The Labute approximate surface area is 186 Å². The Bertz CT molecular complexity index is 923. The first-order valence-electron chi connectivity index (χ1n) is 11.0. The van der Waals surface area contributed by atoms with Crippen molar-refractivity contribution in [2.75, 3.05) is 20.3 Å². The van der Waals surface area contributed by atoms with E-state index in [9.17, 15) is 4.39 Å².